The molecule has 0 bridgehead atoms. The maximum Gasteiger partial charge on any atom is 0.416 e. The number of carbonyl (C=O) groups is 1. The van der Waals surface area contributed by atoms with E-state index in [1.165, 1.54) is 0 Å². The highest BCUT2D eigenvalue weighted by atomic mass is 32.2. The second kappa shape index (κ2) is 8.36. The lowest BCUT2D eigenvalue weighted by Gasteiger charge is -2.11. The maximum absolute atomic E-state index is 13.0. The Morgan fingerprint density at radius 2 is 1.81 bits per heavy atom. The molecule has 0 saturated heterocycles. The summed E-state index contributed by atoms with van der Waals surface area (Å²) in [6.07, 6.45) is -2.73. The Hall–Kier alpha value is -2.65. The van der Waals surface area contributed by atoms with E-state index in [1.54, 1.807) is 30.3 Å². The van der Waals surface area contributed by atoms with Gasteiger partial charge in [-0.15, -0.1) is 0 Å². The van der Waals surface area contributed by atoms with Gasteiger partial charge in [0.25, 0.3) is 0 Å². The molecule has 9 heteroatoms. The van der Waals surface area contributed by atoms with Crippen molar-refractivity contribution in [2.24, 2.45) is 0 Å². The first-order chi connectivity index (χ1) is 12.6. The molecule has 0 spiro atoms. The van der Waals surface area contributed by atoms with Crippen molar-refractivity contribution in [2.75, 3.05) is 7.05 Å². The molecule has 1 N–H and O–H groups in total. The second-order valence-corrected chi connectivity index (χ2v) is 7.31. The van der Waals surface area contributed by atoms with Gasteiger partial charge in [-0.2, -0.15) is 13.2 Å². The number of ether oxygens (including phenoxy) is 1. The zero-order valence-corrected chi connectivity index (χ0v) is 15.0. The van der Waals surface area contributed by atoms with Crippen LogP contribution in [0.15, 0.2) is 59.5 Å². The van der Waals surface area contributed by atoms with Crippen molar-refractivity contribution in [1.29, 1.82) is 0 Å². The molecular weight excluding hydrogens is 383 g/mol. The number of carbonyl (C=O) groups excluding carboxylic acids is 1. The van der Waals surface area contributed by atoms with Gasteiger partial charge in [-0.05, 0) is 42.4 Å². The molecule has 2 aromatic rings. The molecule has 0 amide bonds. The van der Waals surface area contributed by atoms with Crippen LogP contribution in [0, 0.1) is 0 Å². The van der Waals surface area contributed by atoms with Crippen molar-refractivity contribution in [2.45, 2.75) is 17.7 Å². The van der Waals surface area contributed by atoms with Crippen molar-refractivity contribution in [3.8, 4) is 0 Å². The highest BCUT2D eigenvalue weighted by Crippen LogP contribution is 2.32. The van der Waals surface area contributed by atoms with Gasteiger partial charge in [0.15, 0.2) is 0 Å². The average Bonchev–Trinajstić information content (AvgIpc) is 2.64. The molecule has 0 aliphatic rings. The molecular formula is C18H16F3NO4S. The van der Waals surface area contributed by atoms with Crippen molar-refractivity contribution in [3.63, 3.8) is 0 Å². The molecule has 2 aromatic carbocycles. The van der Waals surface area contributed by atoms with E-state index in [1.807, 2.05) is 4.72 Å². The number of benzene rings is 2. The Labute approximate surface area is 154 Å². The monoisotopic (exact) mass is 399 g/mol. The number of sulfonamides is 1. The number of halogens is 3. The summed E-state index contributed by atoms with van der Waals surface area (Å²) >= 11 is 0. The number of rotatable bonds is 6. The molecule has 2 rings (SSSR count). The highest BCUT2D eigenvalue weighted by molar-refractivity contribution is 7.89. The fraction of sp³-hybridized carbons (Fsp3) is 0.167. The summed E-state index contributed by atoms with van der Waals surface area (Å²) in [6, 6.07) is 11.1. The zero-order valence-electron chi connectivity index (χ0n) is 14.2. The smallest absolute Gasteiger partial charge is 0.416 e. The van der Waals surface area contributed by atoms with Crippen molar-refractivity contribution < 1.29 is 31.1 Å². The van der Waals surface area contributed by atoms with Crippen LogP contribution in [0.1, 0.15) is 16.7 Å². The van der Waals surface area contributed by atoms with Crippen LogP contribution in [0.5, 0.6) is 0 Å². The first kappa shape index (κ1) is 20.7. The van der Waals surface area contributed by atoms with Crippen molar-refractivity contribution in [1.82, 2.24) is 4.72 Å². The van der Waals surface area contributed by atoms with Crippen molar-refractivity contribution in [3.05, 3.63) is 71.3 Å². The van der Waals surface area contributed by atoms with Crippen molar-refractivity contribution >= 4 is 22.1 Å². The van der Waals surface area contributed by atoms with Gasteiger partial charge in [0, 0.05) is 6.08 Å². The molecule has 0 fully saturated rings. The lowest BCUT2D eigenvalue weighted by Crippen LogP contribution is -2.19. The van der Waals surface area contributed by atoms with Gasteiger partial charge >= 0.3 is 12.1 Å². The number of esters is 1. The van der Waals surface area contributed by atoms with Gasteiger partial charge in [0.1, 0.15) is 6.61 Å². The predicted octanol–water partition coefficient (Wildman–Crippen LogP) is 3.37. The van der Waals surface area contributed by atoms with E-state index in [9.17, 15) is 26.4 Å². The van der Waals surface area contributed by atoms with Crippen LogP contribution in [0.25, 0.3) is 6.08 Å². The normalized spacial score (nSPS) is 12.3. The third-order valence-electron chi connectivity index (χ3n) is 3.47. The second-order valence-electron chi connectivity index (χ2n) is 5.42. The van der Waals surface area contributed by atoms with E-state index >= 15 is 0 Å². The lowest BCUT2D eigenvalue weighted by molar-refractivity contribution is -0.139. The molecule has 0 aliphatic carbocycles. The predicted molar refractivity (Wildman–Crippen MR) is 93.0 cm³/mol. The SMILES string of the molecule is CNS(=O)(=O)c1cc(/C=C/C(=O)OCc2ccccc2)cc(C(F)(F)F)c1. The van der Waals surface area contributed by atoms with Gasteiger partial charge in [-0.25, -0.2) is 17.9 Å². The minimum absolute atomic E-state index is 0.00594. The molecule has 0 radical (unpaired) electrons. The number of alkyl halides is 3. The van der Waals surface area contributed by atoms with Crippen LogP contribution in [-0.4, -0.2) is 21.4 Å². The summed E-state index contributed by atoms with van der Waals surface area (Å²) in [5.74, 6) is -0.769. The Morgan fingerprint density at radius 3 is 2.41 bits per heavy atom. The van der Waals surface area contributed by atoms with Gasteiger partial charge < -0.3 is 4.74 Å². The summed E-state index contributed by atoms with van der Waals surface area (Å²) < 4.78 is 69.7. The van der Waals surface area contributed by atoms with Gasteiger partial charge in [-0.1, -0.05) is 30.3 Å². The van der Waals surface area contributed by atoms with Gasteiger partial charge in [0.2, 0.25) is 10.0 Å². The first-order valence-corrected chi connectivity index (χ1v) is 9.15. The molecule has 0 saturated carbocycles. The summed E-state index contributed by atoms with van der Waals surface area (Å²) in [6.45, 7) is 0.00594. The van der Waals surface area contributed by atoms with Crippen LogP contribution < -0.4 is 4.72 Å². The van der Waals surface area contributed by atoms with Crippen LogP contribution in [0.3, 0.4) is 0 Å². The van der Waals surface area contributed by atoms with E-state index in [4.69, 9.17) is 4.74 Å². The van der Waals surface area contributed by atoms with Crippen LogP contribution in [0.4, 0.5) is 13.2 Å². The molecule has 0 unspecified atom stereocenters. The zero-order chi connectivity index (χ0) is 20.1. The number of hydrogen-bond acceptors (Lipinski definition) is 4. The summed E-state index contributed by atoms with van der Waals surface area (Å²) in [5.41, 5.74) is -0.493. The van der Waals surface area contributed by atoms with Crippen LogP contribution >= 0.6 is 0 Å². The van der Waals surface area contributed by atoms with E-state index in [0.717, 1.165) is 36.9 Å². The standard InChI is InChI=1S/C18H16F3NO4S/c1-22-27(24,25)16-10-14(9-15(11-16)18(19,20)21)7-8-17(23)26-12-13-5-3-2-4-6-13/h2-11,22H,12H2,1H3/b8-7+. The lowest BCUT2D eigenvalue weighted by atomic mass is 10.1. The summed E-state index contributed by atoms with van der Waals surface area (Å²) in [4.78, 5) is 11.2. The fourth-order valence-corrected chi connectivity index (χ4v) is 2.91. The van der Waals surface area contributed by atoms with E-state index in [2.05, 4.69) is 0 Å². The van der Waals surface area contributed by atoms with Crippen LogP contribution in [-0.2, 0) is 32.3 Å². The van der Waals surface area contributed by atoms with Gasteiger partial charge in [-0.3, -0.25) is 0 Å². The average molecular weight is 399 g/mol. The van der Waals surface area contributed by atoms with E-state index < -0.39 is 32.6 Å². The minimum Gasteiger partial charge on any atom is -0.458 e. The molecule has 144 valence electrons. The maximum atomic E-state index is 13.0. The summed E-state index contributed by atoms with van der Waals surface area (Å²) in [7, 11) is -3.00. The number of hydrogen-bond donors (Lipinski definition) is 1. The molecule has 0 aliphatic heterocycles. The summed E-state index contributed by atoms with van der Waals surface area (Å²) in [5, 5.41) is 0. The number of nitrogens with one attached hydrogen (secondary N) is 1. The van der Waals surface area contributed by atoms with E-state index in [0.29, 0.717) is 6.07 Å². The fourth-order valence-electron chi connectivity index (χ4n) is 2.10. The van der Waals surface area contributed by atoms with Gasteiger partial charge in [0.05, 0.1) is 10.5 Å². The van der Waals surface area contributed by atoms with E-state index in [-0.39, 0.29) is 12.2 Å². The molecule has 0 atom stereocenters. The Kier molecular flexibility index (Phi) is 6.40. The Morgan fingerprint density at radius 1 is 1.15 bits per heavy atom. The molecule has 0 heterocycles. The minimum atomic E-state index is -4.74. The molecule has 5 nitrogen and oxygen atoms in total. The topological polar surface area (TPSA) is 72.5 Å². The third kappa shape index (κ3) is 5.93. The molecule has 0 aromatic heterocycles. The third-order valence-corrected chi connectivity index (χ3v) is 4.86. The highest BCUT2D eigenvalue weighted by Gasteiger charge is 2.32. The molecule has 27 heavy (non-hydrogen) atoms. The quantitative estimate of drug-likeness (QED) is 0.597. The van der Waals surface area contributed by atoms with Crippen LogP contribution in [0.2, 0.25) is 0 Å². The first-order valence-electron chi connectivity index (χ1n) is 7.66. The largest absolute Gasteiger partial charge is 0.458 e. The Bertz CT molecular complexity index is 939. The Balaban J connectivity index is 2.22.